The van der Waals surface area contributed by atoms with Crippen LogP contribution >= 0.6 is 0 Å². The molecule has 5 heteroatoms. The summed E-state index contributed by atoms with van der Waals surface area (Å²) in [6, 6.07) is 0. The van der Waals surface area contributed by atoms with Crippen molar-refractivity contribution in [3.8, 4) is 0 Å². The molecule has 0 unspecified atom stereocenters. The van der Waals surface area contributed by atoms with E-state index in [4.69, 9.17) is 5.11 Å². The van der Waals surface area contributed by atoms with Crippen molar-refractivity contribution in [1.82, 2.24) is 0 Å². The molecule has 0 aliphatic heterocycles. The lowest BCUT2D eigenvalue weighted by Crippen LogP contribution is -2.10. The van der Waals surface area contributed by atoms with E-state index < -0.39 is 5.60 Å². The lowest BCUT2D eigenvalue weighted by atomic mass is 10.2. The first-order chi connectivity index (χ1) is 7.91. The summed E-state index contributed by atoms with van der Waals surface area (Å²) < 4.78 is 0. The standard InChI is InChI=1S/C8H12N2O2.C4H10O/c11-7-9-5-3-1-2-4-6-10-8-12;1-4(2,3)5/h1-6H2;5H,1-3H3. The molecule has 0 atom stereocenters. The van der Waals surface area contributed by atoms with Crippen LogP contribution in [0, 0.1) is 0 Å². The molecule has 0 amide bonds. The minimum atomic E-state index is -0.500. The fourth-order valence-corrected chi connectivity index (χ4v) is 0.827. The Kier molecular flexibility index (Phi) is 13.6. The maximum Gasteiger partial charge on any atom is 0.234 e. The molecule has 0 bridgehead atoms. The third kappa shape index (κ3) is 40.0. The van der Waals surface area contributed by atoms with Crippen LogP contribution in [-0.2, 0) is 9.59 Å². The number of carbonyl (C=O) groups excluding carboxylic acids is 2. The number of rotatable bonds is 7. The van der Waals surface area contributed by atoms with E-state index in [1.165, 1.54) is 12.2 Å². The second-order valence-electron chi connectivity index (χ2n) is 4.53. The van der Waals surface area contributed by atoms with E-state index in [9.17, 15) is 9.59 Å². The van der Waals surface area contributed by atoms with E-state index in [0.29, 0.717) is 13.1 Å². The molecule has 0 saturated carbocycles. The highest BCUT2D eigenvalue weighted by atomic mass is 16.3. The molecule has 0 fully saturated rings. The normalized spacial score (nSPS) is 9.41. The van der Waals surface area contributed by atoms with Crippen molar-refractivity contribution in [2.75, 3.05) is 13.1 Å². The second kappa shape index (κ2) is 12.8. The lowest BCUT2D eigenvalue weighted by Gasteiger charge is -2.04. The molecular weight excluding hydrogens is 220 g/mol. The molecule has 0 heterocycles. The summed E-state index contributed by atoms with van der Waals surface area (Å²) in [5.74, 6) is 0. The highest BCUT2D eigenvalue weighted by Gasteiger charge is 1.97. The predicted molar refractivity (Wildman–Crippen MR) is 66.4 cm³/mol. The summed E-state index contributed by atoms with van der Waals surface area (Å²) in [5.41, 5.74) is -0.500. The largest absolute Gasteiger partial charge is 0.391 e. The number of aliphatic imine (C=N–C) groups is 2. The zero-order chi connectivity index (χ0) is 13.6. The van der Waals surface area contributed by atoms with Crippen LogP contribution < -0.4 is 0 Å². The summed E-state index contributed by atoms with van der Waals surface area (Å²) >= 11 is 0. The van der Waals surface area contributed by atoms with Crippen LogP contribution in [0.4, 0.5) is 0 Å². The van der Waals surface area contributed by atoms with Gasteiger partial charge in [-0.15, -0.1) is 0 Å². The fourth-order valence-electron chi connectivity index (χ4n) is 0.827. The summed E-state index contributed by atoms with van der Waals surface area (Å²) in [6.07, 6.45) is 6.80. The number of isocyanates is 2. The first-order valence-corrected chi connectivity index (χ1v) is 5.71. The number of hydrogen-bond donors (Lipinski definition) is 1. The van der Waals surface area contributed by atoms with Crippen LogP contribution in [0.2, 0.25) is 0 Å². The first kappa shape index (κ1) is 18.1. The van der Waals surface area contributed by atoms with Crippen LogP contribution in [0.3, 0.4) is 0 Å². The molecular formula is C12H22N2O3. The van der Waals surface area contributed by atoms with Gasteiger partial charge in [-0.05, 0) is 33.6 Å². The van der Waals surface area contributed by atoms with Gasteiger partial charge in [-0.1, -0.05) is 12.8 Å². The summed E-state index contributed by atoms with van der Waals surface area (Å²) in [7, 11) is 0. The molecule has 5 nitrogen and oxygen atoms in total. The smallest absolute Gasteiger partial charge is 0.234 e. The average Bonchev–Trinajstić information content (AvgIpc) is 2.20. The van der Waals surface area contributed by atoms with Crippen molar-refractivity contribution in [3.63, 3.8) is 0 Å². The van der Waals surface area contributed by atoms with E-state index in [1.807, 2.05) is 0 Å². The van der Waals surface area contributed by atoms with E-state index in [2.05, 4.69) is 9.98 Å². The first-order valence-electron chi connectivity index (χ1n) is 5.71. The Hall–Kier alpha value is -1.28. The Labute approximate surface area is 103 Å². The van der Waals surface area contributed by atoms with Gasteiger partial charge >= 0.3 is 0 Å². The van der Waals surface area contributed by atoms with Crippen LogP contribution in [0.25, 0.3) is 0 Å². The number of aliphatic hydroxyl groups is 1. The molecule has 98 valence electrons. The van der Waals surface area contributed by atoms with Crippen molar-refractivity contribution in [2.24, 2.45) is 9.98 Å². The third-order valence-corrected chi connectivity index (χ3v) is 1.42. The number of nitrogens with zero attached hydrogens (tertiary/aromatic N) is 2. The average molecular weight is 242 g/mol. The zero-order valence-electron chi connectivity index (χ0n) is 10.9. The van der Waals surface area contributed by atoms with Gasteiger partial charge in [-0.3, -0.25) is 0 Å². The van der Waals surface area contributed by atoms with Crippen molar-refractivity contribution in [1.29, 1.82) is 0 Å². The van der Waals surface area contributed by atoms with Gasteiger partial charge < -0.3 is 5.11 Å². The molecule has 0 aliphatic carbocycles. The van der Waals surface area contributed by atoms with Crippen molar-refractivity contribution >= 4 is 12.2 Å². The van der Waals surface area contributed by atoms with Gasteiger partial charge in [0.15, 0.2) is 0 Å². The molecule has 0 aromatic heterocycles. The number of hydrogen-bond acceptors (Lipinski definition) is 5. The minimum absolute atomic E-state index is 0.500. The summed E-state index contributed by atoms with van der Waals surface area (Å²) in [6.45, 7) is 6.34. The monoisotopic (exact) mass is 242 g/mol. The molecule has 0 aromatic carbocycles. The van der Waals surface area contributed by atoms with Crippen LogP contribution in [-0.4, -0.2) is 36.0 Å². The van der Waals surface area contributed by atoms with E-state index in [0.717, 1.165) is 25.7 Å². The third-order valence-electron chi connectivity index (χ3n) is 1.42. The Balaban J connectivity index is 0. The van der Waals surface area contributed by atoms with Gasteiger partial charge in [0.2, 0.25) is 12.2 Å². The van der Waals surface area contributed by atoms with Crippen molar-refractivity contribution in [3.05, 3.63) is 0 Å². The highest BCUT2D eigenvalue weighted by molar-refractivity contribution is 5.32. The minimum Gasteiger partial charge on any atom is -0.391 e. The Bertz CT molecular complexity index is 231. The Morgan fingerprint density at radius 1 is 0.882 bits per heavy atom. The summed E-state index contributed by atoms with van der Waals surface area (Å²) in [5, 5.41) is 8.52. The molecule has 0 saturated heterocycles. The van der Waals surface area contributed by atoms with Gasteiger partial charge in [-0.2, -0.15) is 0 Å². The van der Waals surface area contributed by atoms with Gasteiger partial charge in [0, 0.05) is 0 Å². The molecule has 0 rings (SSSR count). The van der Waals surface area contributed by atoms with Gasteiger partial charge in [-0.25, -0.2) is 19.6 Å². The molecule has 17 heavy (non-hydrogen) atoms. The van der Waals surface area contributed by atoms with E-state index >= 15 is 0 Å². The maximum atomic E-state index is 9.63. The predicted octanol–water partition coefficient (Wildman–Crippen LogP) is 2.00. The van der Waals surface area contributed by atoms with Gasteiger partial charge in [0.05, 0.1) is 18.7 Å². The number of unbranched alkanes of at least 4 members (excludes halogenated alkanes) is 3. The molecule has 0 radical (unpaired) electrons. The molecule has 0 spiro atoms. The quantitative estimate of drug-likeness (QED) is 0.421. The zero-order valence-corrected chi connectivity index (χ0v) is 10.9. The van der Waals surface area contributed by atoms with E-state index in [-0.39, 0.29) is 0 Å². The molecule has 0 aromatic rings. The lowest BCUT2D eigenvalue weighted by molar-refractivity contribution is 0.102. The van der Waals surface area contributed by atoms with Gasteiger partial charge in [0.25, 0.3) is 0 Å². The van der Waals surface area contributed by atoms with Crippen molar-refractivity contribution < 1.29 is 14.7 Å². The highest BCUT2D eigenvalue weighted by Crippen LogP contribution is 1.99. The molecule has 1 N–H and O–H groups in total. The topological polar surface area (TPSA) is 79.1 Å². The van der Waals surface area contributed by atoms with E-state index in [1.54, 1.807) is 20.8 Å². The Morgan fingerprint density at radius 2 is 1.18 bits per heavy atom. The Morgan fingerprint density at radius 3 is 1.41 bits per heavy atom. The van der Waals surface area contributed by atoms with Crippen LogP contribution in [0.1, 0.15) is 46.5 Å². The van der Waals surface area contributed by atoms with Crippen molar-refractivity contribution in [2.45, 2.75) is 52.1 Å². The van der Waals surface area contributed by atoms with Crippen LogP contribution in [0.15, 0.2) is 9.98 Å². The summed E-state index contributed by atoms with van der Waals surface area (Å²) in [4.78, 5) is 26.1. The van der Waals surface area contributed by atoms with Gasteiger partial charge in [0.1, 0.15) is 0 Å². The SMILES string of the molecule is CC(C)(C)O.O=C=NCCCCCCN=C=O. The second-order valence-corrected chi connectivity index (χ2v) is 4.53. The molecule has 0 aliphatic rings. The van der Waals surface area contributed by atoms with Crippen LogP contribution in [0.5, 0.6) is 0 Å². The maximum absolute atomic E-state index is 9.63. The fraction of sp³-hybridized carbons (Fsp3) is 0.833.